The van der Waals surface area contributed by atoms with Crippen LogP contribution in [0, 0.1) is 0 Å². The van der Waals surface area contributed by atoms with Crippen LogP contribution in [0.5, 0.6) is 0 Å². The normalized spacial score (nSPS) is 19.0. The monoisotopic (exact) mass is 309 g/mol. The predicted molar refractivity (Wildman–Crippen MR) is 85.5 cm³/mol. The van der Waals surface area contributed by atoms with Crippen LogP contribution in [-0.2, 0) is 4.79 Å². The first kappa shape index (κ1) is 16.3. The number of rotatable bonds is 5. The summed E-state index contributed by atoms with van der Waals surface area (Å²) in [5.41, 5.74) is 0.841. The molecule has 4 heteroatoms. The van der Waals surface area contributed by atoms with E-state index in [1.54, 1.807) is 13.0 Å². The second kappa shape index (κ2) is 7.81. The highest BCUT2D eigenvalue weighted by Gasteiger charge is 2.24. The van der Waals surface area contributed by atoms with Gasteiger partial charge >= 0.3 is 0 Å². The van der Waals surface area contributed by atoms with Crippen LogP contribution in [0.4, 0.5) is 0 Å². The van der Waals surface area contributed by atoms with E-state index in [-0.39, 0.29) is 18.2 Å². The number of aliphatic hydroxyl groups is 1. The topological polar surface area (TPSA) is 49.3 Å². The molecular formula is C17H24ClNO2. The Morgan fingerprint density at radius 1 is 1.33 bits per heavy atom. The van der Waals surface area contributed by atoms with Crippen molar-refractivity contribution in [3.8, 4) is 0 Å². The van der Waals surface area contributed by atoms with Crippen molar-refractivity contribution in [3.63, 3.8) is 0 Å². The molecule has 116 valence electrons. The zero-order chi connectivity index (χ0) is 15.2. The van der Waals surface area contributed by atoms with E-state index in [0.29, 0.717) is 11.1 Å². The van der Waals surface area contributed by atoms with Gasteiger partial charge in [-0.2, -0.15) is 0 Å². The summed E-state index contributed by atoms with van der Waals surface area (Å²) in [6.07, 6.45) is 5.45. The van der Waals surface area contributed by atoms with E-state index in [1.165, 1.54) is 19.3 Å². The van der Waals surface area contributed by atoms with Gasteiger partial charge in [0.15, 0.2) is 0 Å². The third-order valence-electron chi connectivity index (χ3n) is 4.26. The van der Waals surface area contributed by atoms with Gasteiger partial charge in [0.25, 0.3) is 0 Å². The molecule has 0 aromatic heterocycles. The molecule has 1 fully saturated rings. The second-order valence-electron chi connectivity index (χ2n) is 5.98. The minimum Gasteiger partial charge on any atom is -0.393 e. The number of carbonyl (C=O) groups is 1. The standard InChI is InChI=1S/C17H24ClNO2/c1-12(20)15(14-9-5-6-10-16(14)18)11-17(21)19-13-7-3-2-4-8-13/h5-6,9-10,12-13,15,20H,2-4,7-8,11H2,1H3,(H,19,21). The molecule has 2 unspecified atom stereocenters. The van der Waals surface area contributed by atoms with Crippen LogP contribution in [0.15, 0.2) is 24.3 Å². The maximum Gasteiger partial charge on any atom is 0.220 e. The molecule has 1 aliphatic carbocycles. The van der Waals surface area contributed by atoms with E-state index in [0.717, 1.165) is 18.4 Å². The van der Waals surface area contributed by atoms with Crippen LogP contribution in [0.2, 0.25) is 5.02 Å². The number of hydrogen-bond donors (Lipinski definition) is 2. The van der Waals surface area contributed by atoms with Crippen molar-refractivity contribution in [3.05, 3.63) is 34.9 Å². The average molecular weight is 310 g/mol. The van der Waals surface area contributed by atoms with Gasteiger partial charge in [0, 0.05) is 23.4 Å². The van der Waals surface area contributed by atoms with E-state index in [2.05, 4.69) is 5.32 Å². The van der Waals surface area contributed by atoms with E-state index < -0.39 is 6.10 Å². The lowest BCUT2D eigenvalue weighted by Crippen LogP contribution is -2.37. The molecule has 0 spiro atoms. The summed E-state index contributed by atoms with van der Waals surface area (Å²) in [5.74, 6) is -0.255. The lowest BCUT2D eigenvalue weighted by Gasteiger charge is -2.25. The van der Waals surface area contributed by atoms with Gasteiger partial charge in [-0.05, 0) is 31.4 Å². The van der Waals surface area contributed by atoms with Crippen molar-refractivity contribution in [2.75, 3.05) is 0 Å². The Kier molecular flexibility index (Phi) is 6.07. The van der Waals surface area contributed by atoms with Crippen molar-refractivity contribution in [2.45, 2.75) is 63.5 Å². The van der Waals surface area contributed by atoms with E-state index in [9.17, 15) is 9.90 Å². The number of aliphatic hydroxyl groups excluding tert-OH is 1. The molecule has 3 nitrogen and oxygen atoms in total. The molecule has 1 saturated carbocycles. The van der Waals surface area contributed by atoms with E-state index >= 15 is 0 Å². The van der Waals surface area contributed by atoms with Crippen LogP contribution in [0.25, 0.3) is 0 Å². The molecule has 0 radical (unpaired) electrons. The molecule has 0 saturated heterocycles. The van der Waals surface area contributed by atoms with Crippen molar-refractivity contribution in [1.29, 1.82) is 0 Å². The first-order chi connectivity index (χ1) is 10.1. The molecular weight excluding hydrogens is 286 g/mol. The number of hydrogen-bond acceptors (Lipinski definition) is 2. The third-order valence-corrected chi connectivity index (χ3v) is 4.61. The maximum atomic E-state index is 12.2. The fourth-order valence-electron chi connectivity index (χ4n) is 3.05. The highest BCUT2D eigenvalue weighted by atomic mass is 35.5. The molecule has 1 aliphatic rings. The summed E-state index contributed by atoms with van der Waals surface area (Å²) < 4.78 is 0. The molecule has 2 rings (SSSR count). The summed E-state index contributed by atoms with van der Waals surface area (Å²) in [6, 6.07) is 7.72. The minimum atomic E-state index is -0.609. The lowest BCUT2D eigenvalue weighted by atomic mass is 9.90. The van der Waals surface area contributed by atoms with Gasteiger partial charge in [-0.15, -0.1) is 0 Å². The molecule has 1 aromatic rings. The molecule has 1 aromatic carbocycles. The van der Waals surface area contributed by atoms with Gasteiger partial charge in [0.05, 0.1) is 6.10 Å². The van der Waals surface area contributed by atoms with Gasteiger partial charge in [-0.1, -0.05) is 49.1 Å². The van der Waals surface area contributed by atoms with Crippen molar-refractivity contribution < 1.29 is 9.90 Å². The molecule has 0 bridgehead atoms. The quantitative estimate of drug-likeness (QED) is 0.872. The Bertz CT molecular complexity index is 470. The first-order valence-electron chi connectivity index (χ1n) is 7.79. The Balaban J connectivity index is 1.99. The summed E-state index contributed by atoms with van der Waals surface area (Å²) >= 11 is 6.20. The van der Waals surface area contributed by atoms with Crippen molar-refractivity contribution in [1.82, 2.24) is 5.32 Å². The Labute approximate surface area is 131 Å². The summed E-state index contributed by atoms with van der Waals surface area (Å²) in [6.45, 7) is 1.71. The van der Waals surface area contributed by atoms with Gasteiger partial charge in [0.2, 0.25) is 5.91 Å². The molecule has 0 heterocycles. The predicted octanol–water partition coefficient (Wildman–Crippen LogP) is 3.64. The molecule has 0 aliphatic heterocycles. The zero-order valence-electron chi connectivity index (χ0n) is 12.5. The first-order valence-corrected chi connectivity index (χ1v) is 8.17. The van der Waals surface area contributed by atoms with Gasteiger partial charge in [-0.25, -0.2) is 0 Å². The number of nitrogens with one attached hydrogen (secondary N) is 1. The lowest BCUT2D eigenvalue weighted by molar-refractivity contribution is -0.123. The van der Waals surface area contributed by atoms with Gasteiger partial charge in [0.1, 0.15) is 0 Å². The van der Waals surface area contributed by atoms with E-state index in [1.807, 2.05) is 18.2 Å². The number of amides is 1. The van der Waals surface area contributed by atoms with E-state index in [4.69, 9.17) is 11.6 Å². The highest BCUT2D eigenvalue weighted by Crippen LogP contribution is 2.30. The largest absolute Gasteiger partial charge is 0.393 e. The highest BCUT2D eigenvalue weighted by molar-refractivity contribution is 6.31. The average Bonchev–Trinajstić information content (AvgIpc) is 2.46. The maximum absolute atomic E-state index is 12.2. The summed E-state index contributed by atoms with van der Waals surface area (Å²) in [5, 5.41) is 13.7. The summed E-state index contributed by atoms with van der Waals surface area (Å²) in [7, 11) is 0. The van der Waals surface area contributed by atoms with Crippen LogP contribution >= 0.6 is 11.6 Å². The number of benzene rings is 1. The SMILES string of the molecule is CC(O)C(CC(=O)NC1CCCCC1)c1ccccc1Cl. The van der Waals surface area contributed by atoms with Crippen LogP contribution in [0.1, 0.15) is 56.9 Å². The van der Waals surface area contributed by atoms with Crippen LogP contribution < -0.4 is 5.32 Å². The van der Waals surface area contributed by atoms with Crippen LogP contribution in [0.3, 0.4) is 0 Å². The smallest absolute Gasteiger partial charge is 0.220 e. The molecule has 2 N–H and O–H groups in total. The molecule has 1 amide bonds. The number of halogens is 1. The minimum absolute atomic E-state index is 0.00715. The summed E-state index contributed by atoms with van der Waals surface area (Å²) in [4.78, 5) is 12.2. The molecule has 21 heavy (non-hydrogen) atoms. The van der Waals surface area contributed by atoms with Crippen molar-refractivity contribution >= 4 is 17.5 Å². The van der Waals surface area contributed by atoms with Crippen LogP contribution in [-0.4, -0.2) is 23.2 Å². The zero-order valence-corrected chi connectivity index (χ0v) is 13.3. The number of carbonyl (C=O) groups excluding carboxylic acids is 1. The third kappa shape index (κ3) is 4.72. The van der Waals surface area contributed by atoms with Crippen molar-refractivity contribution in [2.24, 2.45) is 0 Å². The fraction of sp³-hybridized carbons (Fsp3) is 0.588. The Morgan fingerprint density at radius 3 is 2.62 bits per heavy atom. The molecule has 2 atom stereocenters. The Hall–Kier alpha value is -1.06. The second-order valence-corrected chi connectivity index (χ2v) is 6.38. The van der Waals surface area contributed by atoms with Gasteiger partial charge in [-0.3, -0.25) is 4.79 Å². The van der Waals surface area contributed by atoms with Gasteiger partial charge < -0.3 is 10.4 Å². The fourth-order valence-corrected chi connectivity index (χ4v) is 3.33. The Morgan fingerprint density at radius 2 is 2.00 bits per heavy atom.